The molecule has 0 aliphatic carbocycles. The van der Waals surface area contributed by atoms with Gasteiger partial charge in [-0.25, -0.2) is 0 Å². The average molecular weight is 276 g/mol. The maximum atomic E-state index is 10.9. The fourth-order valence-electron chi connectivity index (χ4n) is 1.86. The van der Waals surface area contributed by atoms with Crippen LogP contribution in [-0.2, 0) is 0 Å². The van der Waals surface area contributed by atoms with Crippen LogP contribution in [0.1, 0.15) is 25.5 Å². The minimum absolute atomic E-state index is 0.0321. The zero-order valence-corrected chi connectivity index (χ0v) is 11.3. The maximum absolute atomic E-state index is 10.9. The highest BCUT2D eigenvalue weighted by molar-refractivity contribution is 5.58. The summed E-state index contributed by atoms with van der Waals surface area (Å²) < 4.78 is 5.31. The van der Waals surface area contributed by atoms with E-state index in [9.17, 15) is 10.1 Å². The molecule has 1 atom stereocenters. The molecule has 0 amide bonds. The molecule has 1 aromatic carbocycles. The SMILES string of the molecule is CCOc1cc(NC(C)c2cn[nH]c2)ccc1[N+](=O)[O-]. The van der Waals surface area contributed by atoms with Crippen LogP contribution in [0, 0.1) is 10.1 Å². The van der Waals surface area contributed by atoms with Crippen LogP contribution < -0.4 is 10.1 Å². The number of aromatic amines is 1. The van der Waals surface area contributed by atoms with Crippen molar-refractivity contribution in [2.24, 2.45) is 0 Å². The summed E-state index contributed by atoms with van der Waals surface area (Å²) in [5, 5.41) is 20.8. The second-order valence-electron chi connectivity index (χ2n) is 4.27. The molecule has 7 heteroatoms. The van der Waals surface area contributed by atoms with Gasteiger partial charge in [0.05, 0.1) is 23.8 Å². The summed E-state index contributed by atoms with van der Waals surface area (Å²) in [4.78, 5) is 10.5. The largest absolute Gasteiger partial charge is 0.487 e. The van der Waals surface area contributed by atoms with Crippen LogP contribution in [-0.4, -0.2) is 21.7 Å². The number of benzene rings is 1. The van der Waals surface area contributed by atoms with Gasteiger partial charge in [-0.15, -0.1) is 0 Å². The summed E-state index contributed by atoms with van der Waals surface area (Å²) >= 11 is 0. The predicted molar refractivity (Wildman–Crippen MR) is 74.9 cm³/mol. The Morgan fingerprint density at radius 2 is 2.35 bits per heavy atom. The minimum Gasteiger partial charge on any atom is -0.487 e. The molecule has 20 heavy (non-hydrogen) atoms. The third-order valence-electron chi connectivity index (χ3n) is 2.86. The van der Waals surface area contributed by atoms with E-state index in [4.69, 9.17) is 4.74 Å². The van der Waals surface area contributed by atoms with Gasteiger partial charge in [-0.05, 0) is 19.9 Å². The Labute approximate surface area is 116 Å². The molecule has 2 N–H and O–H groups in total. The number of aromatic nitrogens is 2. The first-order valence-electron chi connectivity index (χ1n) is 6.28. The number of hydrogen-bond donors (Lipinski definition) is 2. The van der Waals surface area contributed by atoms with Crippen LogP contribution in [0.25, 0.3) is 0 Å². The molecule has 0 radical (unpaired) electrons. The van der Waals surface area contributed by atoms with E-state index in [1.54, 1.807) is 31.5 Å². The summed E-state index contributed by atoms with van der Waals surface area (Å²) in [5.74, 6) is 0.266. The molecule has 0 fully saturated rings. The van der Waals surface area contributed by atoms with Crippen LogP contribution in [0.5, 0.6) is 5.75 Å². The van der Waals surface area contributed by atoms with Crippen molar-refractivity contribution in [1.29, 1.82) is 0 Å². The molecule has 1 heterocycles. The molecule has 2 rings (SSSR count). The lowest BCUT2D eigenvalue weighted by atomic mass is 10.1. The van der Waals surface area contributed by atoms with Gasteiger partial charge in [-0.2, -0.15) is 5.10 Å². The summed E-state index contributed by atoms with van der Waals surface area (Å²) in [5.41, 5.74) is 1.72. The van der Waals surface area contributed by atoms with Gasteiger partial charge in [0.15, 0.2) is 5.75 Å². The highest BCUT2D eigenvalue weighted by Gasteiger charge is 2.16. The van der Waals surface area contributed by atoms with Crippen molar-refractivity contribution in [3.05, 3.63) is 46.3 Å². The fraction of sp³-hybridized carbons (Fsp3) is 0.308. The minimum atomic E-state index is -0.450. The van der Waals surface area contributed by atoms with Crippen molar-refractivity contribution in [2.75, 3.05) is 11.9 Å². The number of anilines is 1. The lowest BCUT2D eigenvalue weighted by Crippen LogP contribution is -2.06. The van der Waals surface area contributed by atoms with E-state index in [1.165, 1.54) is 6.07 Å². The van der Waals surface area contributed by atoms with Crippen LogP contribution in [0.15, 0.2) is 30.6 Å². The average Bonchev–Trinajstić information content (AvgIpc) is 2.93. The van der Waals surface area contributed by atoms with E-state index in [-0.39, 0.29) is 17.5 Å². The van der Waals surface area contributed by atoms with Crippen molar-refractivity contribution in [1.82, 2.24) is 10.2 Å². The molecule has 106 valence electrons. The number of ether oxygens (including phenoxy) is 1. The number of nitro benzene ring substituents is 1. The van der Waals surface area contributed by atoms with Crippen molar-refractivity contribution in [3.63, 3.8) is 0 Å². The number of rotatable bonds is 6. The highest BCUT2D eigenvalue weighted by atomic mass is 16.6. The number of nitrogens with one attached hydrogen (secondary N) is 2. The van der Waals surface area contributed by atoms with Crippen LogP contribution in [0.3, 0.4) is 0 Å². The van der Waals surface area contributed by atoms with Crippen molar-refractivity contribution >= 4 is 11.4 Å². The highest BCUT2D eigenvalue weighted by Crippen LogP contribution is 2.31. The maximum Gasteiger partial charge on any atom is 0.311 e. The molecule has 0 aliphatic heterocycles. The number of hydrogen-bond acceptors (Lipinski definition) is 5. The van der Waals surface area contributed by atoms with Gasteiger partial charge in [-0.1, -0.05) is 0 Å². The first-order valence-corrected chi connectivity index (χ1v) is 6.28. The van der Waals surface area contributed by atoms with Gasteiger partial charge in [0.1, 0.15) is 0 Å². The first-order chi connectivity index (χ1) is 9.61. The van der Waals surface area contributed by atoms with E-state index in [2.05, 4.69) is 15.5 Å². The van der Waals surface area contributed by atoms with Crippen molar-refractivity contribution < 1.29 is 9.66 Å². The molecule has 2 aromatic rings. The quantitative estimate of drug-likeness (QED) is 0.625. The Balaban J connectivity index is 2.20. The van der Waals surface area contributed by atoms with Crippen LogP contribution in [0.2, 0.25) is 0 Å². The predicted octanol–water partition coefficient (Wildman–Crippen LogP) is 2.89. The number of nitro groups is 1. The van der Waals surface area contributed by atoms with Gasteiger partial charge >= 0.3 is 5.69 Å². The standard InChI is InChI=1S/C13H16N4O3/c1-3-20-13-6-11(4-5-12(13)17(18)19)16-9(2)10-7-14-15-8-10/h4-9,16H,3H2,1-2H3,(H,14,15). The fourth-order valence-corrected chi connectivity index (χ4v) is 1.86. The molecule has 1 aromatic heterocycles. The van der Waals surface area contributed by atoms with E-state index < -0.39 is 4.92 Å². The normalized spacial score (nSPS) is 11.9. The van der Waals surface area contributed by atoms with Gasteiger partial charge in [0.25, 0.3) is 0 Å². The summed E-state index contributed by atoms with van der Waals surface area (Å²) in [7, 11) is 0. The molecule has 0 saturated heterocycles. The summed E-state index contributed by atoms with van der Waals surface area (Å²) in [6, 6.07) is 4.77. The lowest BCUT2D eigenvalue weighted by Gasteiger charge is -2.14. The Morgan fingerprint density at radius 1 is 1.55 bits per heavy atom. The Morgan fingerprint density at radius 3 is 2.95 bits per heavy atom. The van der Waals surface area contributed by atoms with E-state index in [1.807, 2.05) is 6.92 Å². The zero-order valence-electron chi connectivity index (χ0n) is 11.3. The van der Waals surface area contributed by atoms with Crippen LogP contribution >= 0.6 is 0 Å². The molecule has 0 aliphatic rings. The van der Waals surface area contributed by atoms with E-state index in [0.717, 1.165) is 11.3 Å². The van der Waals surface area contributed by atoms with Gasteiger partial charge in [-0.3, -0.25) is 15.2 Å². The van der Waals surface area contributed by atoms with Gasteiger partial charge in [0, 0.05) is 29.6 Å². The van der Waals surface area contributed by atoms with Gasteiger partial charge in [0.2, 0.25) is 0 Å². The Hall–Kier alpha value is -2.57. The summed E-state index contributed by atoms with van der Waals surface area (Å²) in [6.07, 6.45) is 3.53. The van der Waals surface area contributed by atoms with Gasteiger partial charge < -0.3 is 10.1 Å². The van der Waals surface area contributed by atoms with Crippen LogP contribution in [0.4, 0.5) is 11.4 Å². The first kappa shape index (κ1) is 13.9. The molecule has 0 spiro atoms. The number of nitrogens with zero attached hydrogens (tertiary/aromatic N) is 2. The number of H-pyrrole nitrogens is 1. The third-order valence-corrected chi connectivity index (χ3v) is 2.86. The van der Waals surface area contributed by atoms with Crippen molar-refractivity contribution in [3.8, 4) is 5.75 Å². The summed E-state index contributed by atoms with van der Waals surface area (Å²) in [6.45, 7) is 4.14. The zero-order chi connectivity index (χ0) is 14.5. The van der Waals surface area contributed by atoms with E-state index in [0.29, 0.717) is 6.61 Å². The lowest BCUT2D eigenvalue weighted by molar-refractivity contribution is -0.385. The Kier molecular flexibility index (Phi) is 4.19. The smallest absolute Gasteiger partial charge is 0.311 e. The van der Waals surface area contributed by atoms with Crippen molar-refractivity contribution in [2.45, 2.75) is 19.9 Å². The second-order valence-corrected chi connectivity index (χ2v) is 4.27. The topological polar surface area (TPSA) is 93.1 Å². The third kappa shape index (κ3) is 3.05. The molecule has 0 saturated carbocycles. The Bertz CT molecular complexity index is 583. The molecule has 1 unspecified atom stereocenters. The molecular formula is C13H16N4O3. The molecule has 7 nitrogen and oxygen atoms in total. The second kappa shape index (κ2) is 6.05. The molecular weight excluding hydrogens is 260 g/mol. The molecule has 0 bridgehead atoms. The van der Waals surface area contributed by atoms with E-state index >= 15 is 0 Å². The monoisotopic (exact) mass is 276 g/mol.